The largest absolute Gasteiger partial charge is 0.494 e. The summed E-state index contributed by atoms with van der Waals surface area (Å²) in [5.74, 6) is 1.79. The third-order valence-corrected chi connectivity index (χ3v) is 3.55. The fourth-order valence-electron chi connectivity index (χ4n) is 2.42. The van der Waals surface area contributed by atoms with Crippen molar-refractivity contribution in [3.63, 3.8) is 0 Å². The highest BCUT2D eigenvalue weighted by atomic mass is 16.5. The SMILES string of the molecule is CCNC(=NCCc1cccc(OCC)c1)NCCn1cccc1. The average molecular weight is 328 g/mol. The van der Waals surface area contributed by atoms with E-state index in [4.69, 9.17) is 4.74 Å². The number of nitrogens with one attached hydrogen (secondary N) is 2. The van der Waals surface area contributed by atoms with Crippen LogP contribution in [0.3, 0.4) is 0 Å². The van der Waals surface area contributed by atoms with Gasteiger partial charge in [0.25, 0.3) is 0 Å². The van der Waals surface area contributed by atoms with Crippen molar-refractivity contribution in [2.24, 2.45) is 4.99 Å². The fraction of sp³-hybridized carbons (Fsp3) is 0.421. The van der Waals surface area contributed by atoms with Gasteiger partial charge in [-0.25, -0.2) is 0 Å². The molecule has 1 aromatic heterocycles. The molecule has 2 aromatic rings. The Balaban J connectivity index is 1.80. The molecular weight excluding hydrogens is 300 g/mol. The van der Waals surface area contributed by atoms with Crippen LogP contribution in [0.1, 0.15) is 19.4 Å². The highest BCUT2D eigenvalue weighted by molar-refractivity contribution is 5.79. The highest BCUT2D eigenvalue weighted by Crippen LogP contribution is 2.13. The normalized spacial score (nSPS) is 11.3. The predicted molar refractivity (Wildman–Crippen MR) is 99.7 cm³/mol. The van der Waals surface area contributed by atoms with Crippen LogP contribution in [0.2, 0.25) is 0 Å². The summed E-state index contributed by atoms with van der Waals surface area (Å²) in [6.45, 7) is 8.14. The van der Waals surface area contributed by atoms with Gasteiger partial charge in [0.2, 0.25) is 0 Å². The first kappa shape index (κ1) is 17.9. The Morgan fingerprint density at radius 3 is 2.71 bits per heavy atom. The fourth-order valence-corrected chi connectivity index (χ4v) is 2.42. The molecule has 0 amide bonds. The first-order chi connectivity index (χ1) is 11.8. The molecule has 0 atom stereocenters. The minimum absolute atomic E-state index is 0.692. The van der Waals surface area contributed by atoms with Gasteiger partial charge in [-0.1, -0.05) is 12.1 Å². The van der Waals surface area contributed by atoms with Gasteiger partial charge in [-0.2, -0.15) is 0 Å². The second-order valence-electron chi connectivity index (χ2n) is 5.44. The molecule has 5 nitrogen and oxygen atoms in total. The number of hydrogen-bond acceptors (Lipinski definition) is 2. The van der Waals surface area contributed by atoms with Crippen molar-refractivity contribution in [3.8, 4) is 5.75 Å². The summed E-state index contributed by atoms with van der Waals surface area (Å²) < 4.78 is 7.69. The van der Waals surface area contributed by atoms with Gasteiger partial charge < -0.3 is 19.9 Å². The number of guanidine groups is 1. The van der Waals surface area contributed by atoms with Gasteiger partial charge in [-0.3, -0.25) is 4.99 Å². The van der Waals surface area contributed by atoms with Crippen LogP contribution in [0.5, 0.6) is 5.75 Å². The number of benzene rings is 1. The van der Waals surface area contributed by atoms with E-state index < -0.39 is 0 Å². The van der Waals surface area contributed by atoms with E-state index >= 15 is 0 Å². The van der Waals surface area contributed by atoms with E-state index in [9.17, 15) is 0 Å². The topological polar surface area (TPSA) is 50.6 Å². The predicted octanol–water partition coefficient (Wildman–Crippen LogP) is 2.68. The first-order valence-corrected chi connectivity index (χ1v) is 8.66. The Hall–Kier alpha value is -2.43. The molecular formula is C19H28N4O. The van der Waals surface area contributed by atoms with Crippen molar-refractivity contribution >= 4 is 5.96 Å². The molecule has 2 rings (SSSR count). The van der Waals surface area contributed by atoms with E-state index in [2.05, 4.69) is 51.6 Å². The quantitative estimate of drug-likeness (QED) is 0.550. The highest BCUT2D eigenvalue weighted by Gasteiger charge is 1.99. The Morgan fingerprint density at radius 2 is 1.96 bits per heavy atom. The van der Waals surface area contributed by atoms with Crippen LogP contribution in [-0.4, -0.2) is 36.8 Å². The summed E-state index contributed by atoms with van der Waals surface area (Å²) >= 11 is 0. The van der Waals surface area contributed by atoms with Gasteiger partial charge in [-0.15, -0.1) is 0 Å². The lowest BCUT2D eigenvalue weighted by atomic mass is 10.1. The van der Waals surface area contributed by atoms with Crippen molar-refractivity contribution in [1.82, 2.24) is 15.2 Å². The molecule has 0 unspecified atom stereocenters. The maximum atomic E-state index is 5.54. The van der Waals surface area contributed by atoms with Crippen LogP contribution < -0.4 is 15.4 Å². The van der Waals surface area contributed by atoms with Gasteiger partial charge in [0.05, 0.1) is 6.61 Å². The Bertz CT molecular complexity index is 608. The van der Waals surface area contributed by atoms with Crippen molar-refractivity contribution < 1.29 is 4.74 Å². The van der Waals surface area contributed by atoms with Crippen molar-refractivity contribution in [3.05, 3.63) is 54.4 Å². The molecule has 1 heterocycles. The smallest absolute Gasteiger partial charge is 0.191 e. The van der Waals surface area contributed by atoms with Crippen LogP contribution in [0.4, 0.5) is 0 Å². The first-order valence-electron chi connectivity index (χ1n) is 8.66. The molecule has 0 bridgehead atoms. The molecule has 24 heavy (non-hydrogen) atoms. The van der Waals surface area contributed by atoms with Gasteiger partial charge in [0.15, 0.2) is 5.96 Å². The van der Waals surface area contributed by atoms with Crippen LogP contribution >= 0.6 is 0 Å². The third kappa shape index (κ3) is 6.36. The van der Waals surface area contributed by atoms with Gasteiger partial charge >= 0.3 is 0 Å². The van der Waals surface area contributed by atoms with Crippen LogP contribution in [0.25, 0.3) is 0 Å². The maximum absolute atomic E-state index is 5.54. The second kappa shape index (κ2) is 10.4. The lowest BCUT2D eigenvalue weighted by Crippen LogP contribution is -2.39. The monoisotopic (exact) mass is 328 g/mol. The molecule has 0 radical (unpaired) electrons. The van der Waals surface area contributed by atoms with E-state index in [0.29, 0.717) is 6.61 Å². The molecule has 0 aliphatic carbocycles. The number of rotatable bonds is 9. The zero-order valence-electron chi connectivity index (χ0n) is 14.7. The van der Waals surface area contributed by atoms with Gasteiger partial charge in [0.1, 0.15) is 5.75 Å². The summed E-state index contributed by atoms with van der Waals surface area (Å²) in [5, 5.41) is 6.66. The minimum atomic E-state index is 0.692. The molecule has 0 spiro atoms. The lowest BCUT2D eigenvalue weighted by Gasteiger charge is -2.12. The van der Waals surface area contributed by atoms with E-state index in [1.165, 1.54) is 5.56 Å². The van der Waals surface area contributed by atoms with E-state index in [1.807, 2.05) is 31.2 Å². The van der Waals surface area contributed by atoms with Crippen molar-refractivity contribution in [2.45, 2.75) is 26.8 Å². The molecule has 0 aliphatic rings. The number of aliphatic imine (C=N–C) groups is 1. The Kier molecular flexibility index (Phi) is 7.74. The standard InChI is InChI=1S/C19H28N4O/c1-3-20-19(22-12-15-23-13-5-6-14-23)21-11-10-17-8-7-9-18(16-17)24-4-2/h5-9,13-14,16H,3-4,10-12,15H2,1-2H3,(H2,20,21,22). The number of nitrogens with zero attached hydrogens (tertiary/aromatic N) is 2. The molecule has 0 fully saturated rings. The van der Waals surface area contributed by atoms with E-state index in [-0.39, 0.29) is 0 Å². The average Bonchev–Trinajstić information content (AvgIpc) is 3.09. The number of aromatic nitrogens is 1. The summed E-state index contributed by atoms with van der Waals surface area (Å²) in [5.41, 5.74) is 1.24. The summed E-state index contributed by atoms with van der Waals surface area (Å²) in [6, 6.07) is 12.3. The zero-order chi connectivity index (χ0) is 17.0. The van der Waals surface area contributed by atoms with Crippen LogP contribution in [0.15, 0.2) is 53.8 Å². The van der Waals surface area contributed by atoms with Gasteiger partial charge in [-0.05, 0) is 50.1 Å². The van der Waals surface area contributed by atoms with Crippen molar-refractivity contribution in [1.29, 1.82) is 0 Å². The van der Waals surface area contributed by atoms with Crippen molar-refractivity contribution in [2.75, 3.05) is 26.2 Å². The summed E-state index contributed by atoms with van der Waals surface area (Å²) in [6.07, 6.45) is 5.03. The molecule has 2 N–H and O–H groups in total. The number of hydrogen-bond donors (Lipinski definition) is 2. The number of ether oxygens (including phenoxy) is 1. The molecule has 1 aromatic carbocycles. The molecule has 0 aliphatic heterocycles. The van der Waals surface area contributed by atoms with Gasteiger partial charge in [0, 0.05) is 38.6 Å². The van der Waals surface area contributed by atoms with Crippen LogP contribution in [-0.2, 0) is 13.0 Å². The minimum Gasteiger partial charge on any atom is -0.494 e. The summed E-state index contributed by atoms with van der Waals surface area (Å²) in [4.78, 5) is 4.65. The zero-order valence-corrected chi connectivity index (χ0v) is 14.7. The van der Waals surface area contributed by atoms with E-state index in [1.54, 1.807) is 0 Å². The molecule has 0 saturated heterocycles. The molecule has 0 saturated carbocycles. The van der Waals surface area contributed by atoms with E-state index in [0.717, 1.165) is 44.3 Å². The van der Waals surface area contributed by atoms with Crippen LogP contribution in [0, 0.1) is 0 Å². The third-order valence-electron chi connectivity index (χ3n) is 3.55. The second-order valence-corrected chi connectivity index (χ2v) is 5.44. The Labute approximate surface area is 144 Å². The lowest BCUT2D eigenvalue weighted by molar-refractivity contribution is 0.340. The maximum Gasteiger partial charge on any atom is 0.191 e. The molecule has 130 valence electrons. The Morgan fingerprint density at radius 1 is 1.12 bits per heavy atom. The summed E-state index contributed by atoms with van der Waals surface area (Å²) in [7, 11) is 0. The molecule has 5 heteroatoms.